The molecule has 180 valence electrons. The van der Waals surface area contributed by atoms with E-state index in [0.717, 1.165) is 31.4 Å². The van der Waals surface area contributed by atoms with Crippen molar-refractivity contribution < 1.29 is 19.4 Å². The molecule has 3 aromatic carbocycles. The number of benzene rings is 3. The minimum Gasteiger partial charge on any atom is -0.490 e. The fourth-order valence-electron chi connectivity index (χ4n) is 4.96. The van der Waals surface area contributed by atoms with E-state index >= 15 is 0 Å². The van der Waals surface area contributed by atoms with E-state index in [1.54, 1.807) is 0 Å². The molecule has 6 heteroatoms. The zero-order chi connectivity index (χ0) is 24.2. The number of carbonyl (C=O) groups excluding carboxylic acids is 1. The van der Waals surface area contributed by atoms with Gasteiger partial charge in [-0.2, -0.15) is 0 Å². The first kappa shape index (κ1) is 23.1. The van der Waals surface area contributed by atoms with Gasteiger partial charge in [0.15, 0.2) is 11.3 Å². The van der Waals surface area contributed by atoms with Crippen molar-refractivity contribution in [1.29, 1.82) is 0 Å². The Morgan fingerprint density at radius 2 is 1.80 bits per heavy atom. The molecule has 1 aliphatic rings. The van der Waals surface area contributed by atoms with Crippen molar-refractivity contribution in [3.05, 3.63) is 78.1 Å². The highest BCUT2D eigenvalue weighted by atomic mass is 16.5. The molecule has 0 bridgehead atoms. The maximum Gasteiger partial charge on any atom is 0.316 e. The summed E-state index contributed by atoms with van der Waals surface area (Å²) < 4.78 is 11.9. The predicted octanol–water partition coefficient (Wildman–Crippen LogP) is 3.88. The summed E-state index contributed by atoms with van der Waals surface area (Å²) >= 11 is 0. The maximum absolute atomic E-state index is 11.3. The first-order chi connectivity index (χ1) is 17.1. The van der Waals surface area contributed by atoms with Gasteiger partial charge in [0, 0.05) is 24.9 Å². The molecule has 0 unspecified atom stereocenters. The number of carbonyl (C=O) groups is 1. The molecule has 6 nitrogen and oxygen atoms in total. The van der Waals surface area contributed by atoms with Crippen molar-refractivity contribution in [1.82, 2.24) is 10.2 Å². The lowest BCUT2D eigenvalue weighted by Crippen LogP contribution is -2.50. The summed E-state index contributed by atoms with van der Waals surface area (Å²) in [4.78, 5) is 13.8. The summed E-state index contributed by atoms with van der Waals surface area (Å²) in [6, 6.07) is 23.1. The van der Waals surface area contributed by atoms with Crippen molar-refractivity contribution in [3.63, 3.8) is 0 Å². The number of hydrogen-bond acceptors (Lipinski definition) is 4. The first-order valence-electron chi connectivity index (χ1n) is 12.3. The molecular formula is C29H32N3O3+. The largest absolute Gasteiger partial charge is 0.490 e. The Balaban J connectivity index is 1.11. The maximum atomic E-state index is 11.3. The van der Waals surface area contributed by atoms with Gasteiger partial charge in [-0.15, -0.1) is 0 Å². The summed E-state index contributed by atoms with van der Waals surface area (Å²) in [6.07, 6.45) is 3.34. The van der Waals surface area contributed by atoms with Crippen LogP contribution in [0.5, 0.6) is 5.75 Å². The summed E-state index contributed by atoms with van der Waals surface area (Å²) in [6.45, 7) is 5.29. The van der Waals surface area contributed by atoms with Crippen LogP contribution in [0.3, 0.4) is 0 Å². The van der Waals surface area contributed by atoms with Crippen LogP contribution in [-0.4, -0.2) is 42.9 Å². The van der Waals surface area contributed by atoms with Gasteiger partial charge >= 0.3 is 11.7 Å². The van der Waals surface area contributed by atoms with Gasteiger partial charge in [-0.1, -0.05) is 54.6 Å². The van der Waals surface area contributed by atoms with Gasteiger partial charge < -0.3 is 14.1 Å². The average Bonchev–Trinajstić information content (AvgIpc) is 3.32. The van der Waals surface area contributed by atoms with Crippen LogP contribution in [0.15, 0.2) is 71.1 Å². The highest BCUT2D eigenvalue weighted by Gasteiger charge is 2.21. The number of para-hydroxylation sites is 1. The van der Waals surface area contributed by atoms with Gasteiger partial charge in [0.05, 0.1) is 6.61 Å². The zero-order valence-electron chi connectivity index (χ0n) is 20.1. The number of fused-ring (bicyclic) bond motifs is 2. The van der Waals surface area contributed by atoms with E-state index in [-0.39, 0.29) is 11.7 Å². The molecule has 0 spiro atoms. The fraction of sp³-hybridized carbons (Fsp3) is 0.310. The summed E-state index contributed by atoms with van der Waals surface area (Å²) in [5, 5.41) is 12.0. The van der Waals surface area contributed by atoms with Crippen molar-refractivity contribution >= 4 is 33.5 Å². The smallest absolute Gasteiger partial charge is 0.316 e. The molecule has 4 aromatic rings. The van der Waals surface area contributed by atoms with E-state index in [4.69, 9.17) is 14.6 Å². The lowest BCUT2D eigenvalue weighted by atomic mass is 9.88. The minimum absolute atomic E-state index is 0.201. The number of nitrogens with one attached hydrogen (secondary N) is 1. The number of hydrogen-bond donors (Lipinski definition) is 2. The van der Waals surface area contributed by atoms with E-state index in [9.17, 15) is 4.79 Å². The lowest BCUT2D eigenvalue weighted by Gasteiger charge is -2.32. The fourth-order valence-corrected chi connectivity index (χ4v) is 4.96. The minimum atomic E-state index is -0.235. The molecule has 35 heavy (non-hydrogen) atoms. The molecule has 0 atom stereocenters. The van der Waals surface area contributed by atoms with Crippen LogP contribution < -0.4 is 15.5 Å². The van der Waals surface area contributed by atoms with Crippen LogP contribution in [0.25, 0.3) is 21.7 Å². The standard InChI is InChI=1S/C29H31N3O3/c1-20(33)31-29(30)27-19-25-8-4-9-26(28(25)35-27)34-17-5-14-32-15-12-22(13-16-32)24-11-10-21-6-2-3-7-23(21)18-24/h2-4,6-11,18-19,22H,5,12-17H2,1H3,(H2,30,31,33)/p+1. The molecule has 1 aliphatic heterocycles. The van der Waals surface area contributed by atoms with Crippen LogP contribution in [-0.2, 0) is 4.79 Å². The number of ether oxygens (including phenoxy) is 1. The number of amidine groups is 1. The monoisotopic (exact) mass is 470 g/mol. The molecule has 0 saturated carbocycles. The van der Waals surface area contributed by atoms with Gasteiger partial charge in [0.1, 0.15) is 0 Å². The molecule has 3 N–H and O–H groups in total. The number of likely N-dealkylation sites (tertiary alicyclic amines) is 1. The number of amides is 1. The Kier molecular flexibility index (Phi) is 6.82. The van der Waals surface area contributed by atoms with Crippen LogP contribution in [0.4, 0.5) is 0 Å². The Morgan fingerprint density at radius 3 is 2.60 bits per heavy atom. The number of rotatable bonds is 7. The second-order valence-corrected chi connectivity index (χ2v) is 9.30. The van der Waals surface area contributed by atoms with Crippen LogP contribution in [0.1, 0.15) is 43.4 Å². The first-order valence-corrected chi connectivity index (χ1v) is 12.3. The van der Waals surface area contributed by atoms with Crippen molar-refractivity contribution in [2.75, 3.05) is 26.2 Å². The van der Waals surface area contributed by atoms with Crippen LogP contribution >= 0.6 is 0 Å². The highest BCUT2D eigenvalue weighted by Crippen LogP contribution is 2.31. The van der Waals surface area contributed by atoms with Gasteiger partial charge in [0.2, 0.25) is 5.76 Å². The average molecular weight is 471 g/mol. The summed E-state index contributed by atoms with van der Waals surface area (Å²) in [5.41, 5.74) is 2.11. The molecule has 1 aromatic heterocycles. The van der Waals surface area contributed by atoms with Crippen molar-refractivity contribution in [2.24, 2.45) is 0 Å². The Morgan fingerprint density at radius 1 is 1.03 bits per heavy atom. The van der Waals surface area contributed by atoms with Gasteiger partial charge in [-0.05, 0) is 60.7 Å². The summed E-state index contributed by atoms with van der Waals surface area (Å²) in [5.74, 6) is 1.73. The van der Waals surface area contributed by atoms with Gasteiger partial charge in [0.25, 0.3) is 0 Å². The topological polar surface area (TPSA) is 80.3 Å². The van der Waals surface area contributed by atoms with E-state index in [1.807, 2.05) is 24.3 Å². The quantitative estimate of drug-likeness (QED) is 0.244. The van der Waals surface area contributed by atoms with E-state index < -0.39 is 0 Å². The molecule has 1 fully saturated rings. The lowest BCUT2D eigenvalue weighted by molar-refractivity contribution is -0.127. The molecule has 1 saturated heterocycles. The third kappa shape index (κ3) is 5.38. The number of nitrogens with two attached hydrogens (primary N) is 1. The molecule has 0 radical (unpaired) electrons. The second kappa shape index (κ2) is 10.3. The van der Waals surface area contributed by atoms with Crippen LogP contribution in [0.2, 0.25) is 0 Å². The van der Waals surface area contributed by atoms with Crippen molar-refractivity contribution in [2.45, 2.75) is 32.1 Å². The van der Waals surface area contributed by atoms with Gasteiger partial charge in [-0.25, -0.2) is 10.1 Å². The molecule has 2 heterocycles. The zero-order valence-corrected chi connectivity index (χ0v) is 20.1. The van der Waals surface area contributed by atoms with Crippen LogP contribution in [0, 0.1) is 0 Å². The second-order valence-electron chi connectivity index (χ2n) is 9.30. The van der Waals surface area contributed by atoms with Gasteiger partial charge in [-0.3, -0.25) is 5.41 Å². The Hall–Kier alpha value is -3.64. The van der Waals surface area contributed by atoms with Crippen molar-refractivity contribution in [3.8, 4) is 5.75 Å². The molecular weight excluding hydrogens is 438 g/mol. The SMILES string of the molecule is CC(=O)NC(=[NH2+])c1cc2cccc(OCCCN3CCC(c4ccc5ccccc5c4)CC3)c2o1. The number of piperidine rings is 1. The van der Waals surface area contributed by atoms with E-state index in [1.165, 1.54) is 36.1 Å². The summed E-state index contributed by atoms with van der Waals surface area (Å²) in [7, 11) is 0. The number of furan rings is 1. The normalized spacial score (nSPS) is 14.9. The Labute approximate surface area is 205 Å². The predicted molar refractivity (Wildman–Crippen MR) is 139 cm³/mol. The van der Waals surface area contributed by atoms with E-state index in [0.29, 0.717) is 29.6 Å². The van der Waals surface area contributed by atoms with E-state index in [2.05, 4.69) is 52.7 Å². The number of nitrogens with zero attached hydrogens (tertiary/aromatic N) is 1. The molecule has 5 rings (SSSR count). The molecule has 1 amide bonds. The molecule has 0 aliphatic carbocycles. The Bertz CT molecular complexity index is 1350. The highest BCUT2D eigenvalue weighted by molar-refractivity contribution is 6.04. The third-order valence-electron chi connectivity index (χ3n) is 6.79. The third-order valence-corrected chi connectivity index (χ3v) is 6.79.